The molecule has 1 aliphatic rings. The van der Waals surface area contributed by atoms with Gasteiger partial charge >= 0.3 is 5.69 Å². The molecule has 0 aromatic carbocycles. The largest absolute Gasteiger partial charge is 0.362 e. The molecule has 0 spiro atoms. The number of nitrogens with zero attached hydrogens (tertiary/aromatic N) is 2. The van der Waals surface area contributed by atoms with Crippen molar-refractivity contribution in [3.05, 3.63) is 16.2 Å². The van der Waals surface area contributed by atoms with Gasteiger partial charge in [0.1, 0.15) is 5.03 Å². The number of hydrogen-bond donors (Lipinski definition) is 2. The molecule has 0 atom stereocenters. The number of hydrogen-bond acceptors (Lipinski definition) is 5. The Labute approximate surface area is 109 Å². The highest BCUT2D eigenvalue weighted by molar-refractivity contribution is 7.99. The summed E-state index contributed by atoms with van der Waals surface area (Å²) in [5.74, 6) is 0.267. The highest BCUT2D eigenvalue weighted by Crippen LogP contribution is 2.19. The third-order valence-corrected chi connectivity index (χ3v) is 3.96. The van der Waals surface area contributed by atoms with Crippen LogP contribution in [0.25, 0.3) is 0 Å². The molecule has 0 bridgehead atoms. The van der Waals surface area contributed by atoms with Crippen LogP contribution in [0.1, 0.15) is 31.4 Å². The van der Waals surface area contributed by atoms with Gasteiger partial charge in [-0.1, -0.05) is 24.6 Å². The summed E-state index contributed by atoms with van der Waals surface area (Å²) in [6.07, 6.45) is 4.52. The van der Waals surface area contributed by atoms with E-state index in [2.05, 4.69) is 20.5 Å². The second kappa shape index (κ2) is 5.99. The first-order valence-electron chi connectivity index (χ1n) is 6.00. The van der Waals surface area contributed by atoms with Gasteiger partial charge in [0.05, 0.1) is 11.4 Å². The first-order chi connectivity index (χ1) is 8.65. The van der Waals surface area contributed by atoms with Crippen molar-refractivity contribution in [2.24, 2.45) is 0 Å². The Hall–Kier alpha value is -1.37. The molecule has 1 saturated carbocycles. The zero-order valence-corrected chi connectivity index (χ0v) is 11.0. The van der Waals surface area contributed by atoms with E-state index < -0.39 is 5.69 Å². The van der Waals surface area contributed by atoms with Gasteiger partial charge in [0.25, 0.3) is 0 Å². The fourth-order valence-corrected chi connectivity index (χ4v) is 2.74. The van der Waals surface area contributed by atoms with Crippen molar-refractivity contribution in [3.63, 3.8) is 0 Å². The van der Waals surface area contributed by atoms with Gasteiger partial charge in [0, 0.05) is 6.04 Å². The average Bonchev–Trinajstić information content (AvgIpc) is 2.83. The molecule has 0 radical (unpaired) electrons. The van der Waals surface area contributed by atoms with E-state index in [1.807, 2.05) is 0 Å². The molecule has 1 heterocycles. The Bertz CT molecular complexity index is 482. The molecule has 1 aliphatic carbocycles. The number of amides is 1. The number of H-pyrrole nitrogens is 1. The number of aromatic nitrogens is 3. The highest BCUT2D eigenvalue weighted by atomic mass is 32.2. The smallest absolute Gasteiger partial charge is 0.353 e. The molecule has 0 aliphatic heterocycles. The monoisotopic (exact) mass is 268 g/mol. The van der Waals surface area contributed by atoms with Gasteiger partial charge < -0.3 is 5.32 Å². The fraction of sp³-hybridized carbons (Fsp3) is 0.636. The van der Waals surface area contributed by atoms with E-state index in [4.69, 9.17) is 0 Å². The summed E-state index contributed by atoms with van der Waals surface area (Å²) in [5.41, 5.74) is 0.146. The molecule has 18 heavy (non-hydrogen) atoms. The Morgan fingerprint density at radius 1 is 1.50 bits per heavy atom. The molecule has 1 aromatic heterocycles. The summed E-state index contributed by atoms with van der Waals surface area (Å²) in [4.78, 5) is 26.5. The highest BCUT2D eigenvalue weighted by Gasteiger charge is 2.17. The number of aromatic amines is 1. The van der Waals surface area contributed by atoms with E-state index in [-0.39, 0.29) is 11.7 Å². The second-order valence-corrected chi connectivity index (χ2v) is 5.33. The summed E-state index contributed by atoms with van der Waals surface area (Å²) in [6, 6.07) is 0.324. The Morgan fingerprint density at radius 2 is 2.22 bits per heavy atom. The molecule has 7 heteroatoms. The van der Waals surface area contributed by atoms with Crippen molar-refractivity contribution in [2.75, 3.05) is 5.75 Å². The average molecular weight is 268 g/mol. The van der Waals surface area contributed by atoms with Crippen molar-refractivity contribution in [1.82, 2.24) is 20.5 Å². The van der Waals surface area contributed by atoms with Gasteiger partial charge in [0.2, 0.25) is 5.91 Å². The Morgan fingerprint density at radius 3 is 2.94 bits per heavy atom. The summed E-state index contributed by atoms with van der Waals surface area (Å²) in [6.45, 7) is 1.75. The van der Waals surface area contributed by atoms with Crippen molar-refractivity contribution in [3.8, 4) is 0 Å². The summed E-state index contributed by atoms with van der Waals surface area (Å²) >= 11 is 1.25. The maximum Gasteiger partial charge on any atom is 0.362 e. The number of rotatable bonds is 4. The van der Waals surface area contributed by atoms with E-state index in [1.165, 1.54) is 24.6 Å². The first kappa shape index (κ1) is 13.1. The van der Waals surface area contributed by atoms with E-state index in [0.717, 1.165) is 12.8 Å². The summed E-state index contributed by atoms with van der Waals surface area (Å²) < 4.78 is 0. The number of nitrogens with one attached hydrogen (secondary N) is 2. The standard InChI is InChI=1S/C11H16N4O2S/c1-7-10(13-11(17)15-14-7)18-6-9(16)12-8-4-2-3-5-8/h8H,2-6H2,1H3,(H,12,16)(H,13,15,17). The lowest BCUT2D eigenvalue weighted by atomic mass is 10.2. The molecule has 1 fully saturated rings. The van der Waals surface area contributed by atoms with Gasteiger partial charge in [-0.15, -0.1) is 0 Å². The van der Waals surface area contributed by atoms with Crippen LogP contribution >= 0.6 is 11.8 Å². The summed E-state index contributed by atoms with van der Waals surface area (Å²) in [7, 11) is 0. The topological polar surface area (TPSA) is 87.7 Å². The SMILES string of the molecule is Cc1n[nH]c(=O)nc1SCC(=O)NC1CCCC1. The van der Waals surface area contributed by atoms with Crippen molar-refractivity contribution < 1.29 is 4.79 Å². The number of carbonyl (C=O) groups is 1. The maximum atomic E-state index is 11.7. The molecule has 2 rings (SSSR count). The van der Waals surface area contributed by atoms with Crippen LogP contribution in [0.2, 0.25) is 0 Å². The van der Waals surface area contributed by atoms with E-state index >= 15 is 0 Å². The third kappa shape index (κ3) is 3.56. The lowest BCUT2D eigenvalue weighted by molar-refractivity contribution is -0.119. The minimum absolute atomic E-state index is 0.00613. The number of thioether (sulfide) groups is 1. The predicted molar refractivity (Wildman–Crippen MR) is 68.5 cm³/mol. The molecule has 1 aromatic rings. The Kier molecular flexibility index (Phi) is 4.35. The summed E-state index contributed by atoms with van der Waals surface area (Å²) in [5, 5.41) is 9.57. The van der Waals surface area contributed by atoms with Gasteiger partial charge in [0.15, 0.2) is 0 Å². The molecule has 2 N–H and O–H groups in total. The van der Waals surface area contributed by atoms with Crippen LogP contribution in [0.4, 0.5) is 0 Å². The van der Waals surface area contributed by atoms with Crippen LogP contribution in [-0.4, -0.2) is 32.9 Å². The van der Waals surface area contributed by atoms with Gasteiger partial charge in [-0.3, -0.25) is 4.79 Å². The molecule has 0 unspecified atom stereocenters. The molecular weight excluding hydrogens is 252 g/mol. The minimum atomic E-state index is -0.487. The van der Waals surface area contributed by atoms with Gasteiger partial charge in [-0.05, 0) is 19.8 Å². The minimum Gasteiger partial charge on any atom is -0.353 e. The van der Waals surface area contributed by atoms with Gasteiger partial charge in [-0.25, -0.2) is 9.89 Å². The van der Waals surface area contributed by atoms with Crippen molar-refractivity contribution in [1.29, 1.82) is 0 Å². The molecule has 0 saturated heterocycles. The van der Waals surface area contributed by atoms with Crippen LogP contribution < -0.4 is 11.0 Å². The maximum absolute atomic E-state index is 11.7. The molecule has 1 amide bonds. The normalized spacial score (nSPS) is 15.8. The van der Waals surface area contributed by atoms with Gasteiger partial charge in [-0.2, -0.15) is 10.1 Å². The third-order valence-electron chi connectivity index (χ3n) is 2.89. The van der Waals surface area contributed by atoms with Crippen LogP contribution in [0.3, 0.4) is 0 Å². The number of carbonyl (C=O) groups excluding carboxylic acids is 1. The molecule has 6 nitrogen and oxygen atoms in total. The van der Waals surface area contributed by atoms with Crippen LogP contribution in [0.5, 0.6) is 0 Å². The van der Waals surface area contributed by atoms with Crippen LogP contribution in [0.15, 0.2) is 9.82 Å². The molecule has 98 valence electrons. The van der Waals surface area contributed by atoms with E-state index in [1.54, 1.807) is 6.92 Å². The van der Waals surface area contributed by atoms with Crippen LogP contribution in [-0.2, 0) is 4.79 Å². The second-order valence-electron chi connectivity index (χ2n) is 4.37. The number of aryl methyl sites for hydroxylation is 1. The quantitative estimate of drug-likeness (QED) is 0.782. The van der Waals surface area contributed by atoms with Crippen molar-refractivity contribution >= 4 is 17.7 Å². The van der Waals surface area contributed by atoms with E-state index in [9.17, 15) is 9.59 Å². The predicted octanol–water partition coefficient (Wildman–Crippen LogP) is 0.624. The lowest BCUT2D eigenvalue weighted by Gasteiger charge is -2.11. The molecular formula is C11H16N4O2S. The fourth-order valence-electron chi connectivity index (χ4n) is 1.99. The first-order valence-corrected chi connectivity index (χ1v) is 6.99. The lowest BCUT2D eigenvalue weighted by Crippen LogP contribution is -2.33. The zero-order valence-electron chi connectivity index (χ0n) is 10.2. The van der Waals surface area contributed by atoms with E-state index in [0.29, 0.717) is 16.8 Å². The van der Waals surface area contributed by atoms with Crippen LogP contribution in [0, 0.1) is 6.92 Å². The Balaban J connectivity index is 1.84. The zero-order chi connectivity index (χ0) is 13.0. The van der Waals surface area contributed by atoms with Crippen molar-refractivity contribution in [2.45, 2.75) is 43.7 Å².